The van der Waals surface area contributed by atoms with Crippen molar-refractivity contribution in [3.63, 3.8) is 0 Å². The van der Waals surface area contributed by atoms with Crippen molar-refractivity contribution in [1.29, 1.82) is 0 Å². The van der Waals surface area contributed by atoms with Gasteiger partial charge in [0.25, 0.3) is 0 Å². The molecule has 1 N–H and O–H groups in total. The third kappa shape index (κ3) is 3.06. The Kier molecular flexibility index (Phi) is 3.35. The molecule has 0 aliphatic carbocycles. The van der Waals surface area contributed by atoms with E-state index in [0.717, 1.165) is 25.9 Å². The summed E-state index contributed by atoms with van der Waals surface area (Å²) in [6.45, 7) is 1.74. The molecule has 1 aromatic carbocycles. The van der Waals surface area contributed by atoms with Crippen LogP contribution in [0.3, 0.4) is 0 Å². The smallest absolute Gasteiger partial charge is 0.234 e. The van der Waals surface area contributed by atoms with Gasteiger partial charge in [-0.15, -0.1) is 0 Å². The molecular formula is C12H16N2O. The second-order valence-corrected chi connectivity index (χ2v) is 3.90. The SMILES string of the molecule is O=C1CCCCN(Cc2ccccc2)N1. The molecule has 1 aromatic rings. The number of carbonyl (C=O) groups excluding carboxylic acids is 1. The van der Waals surface area contributed by atoms with Crippen LogP contribution in [-0.2, 0) is 11.3 Å². The molecule has 1 amide bonds. The summed E-state index contributed by atoms with van der Waals surface area (Å²) in [7, 11) is 0. The number of benzene rings is 1. The zero-order valence-electron chi connectivity index (χ0n) is 8.78. The standard InChI is InChI=1S/C12H16N2O/c15-12-8-4-5-9-14(13-12)10-11-6-2-1-3-7-11/h1-3,6-7H,4-5,8-10H2,(H,13,15). The maximum absolute atomic E-state index is 11.3. The summed E-state index contributed by atoms with van der Waals surface area (Å²) in [5.41, 5.74) is 4.16. The summed E-state index contributed by atoms with van der Waals surface area (Å²) in [6.07, 6.45) is 2.74. The van der Waals surface area contributed by atoms with Gasteiger partial charge in [-0.2, -0.15) is 0 Å². The fourth-order valence-corrected chi connectivity index (χ4v) is 1.80. The Morgan fingerprint density at radius 3 is 2.80 bits per heavy atom. The average Bonchev–Trinajstić information content (AvgIpc) is 2.44. The van der Waals surface area contributed by atoms with Crippen molar-refractivity contribution in [2.24, 2.45) is 0 Å². The molecule has 1 heterocycles. The van der Waals surface area contributed by atoms with Gasteiger partial charge in [-0.25, -0.2) is 5.01 Å². The fraction of sp³-hybridized carbons (Fsp3) is 0.417. The molecule has 0 saturated carbocycles. The van der Waals surface area contributed by atoms with Gasteiger partial charge in [-0.05, 0) is 18.4 Å². The minimum absolute atomic E-state index is 0.142. The van der Waals surface area contributed by atoms with E-state index in [1.165, 1.54) is 5.56 Å². The summed E-state index contributed by atoms with van der Waals surface area (Å²) in [5.74, 6) is 0.142. The molecule has 3 heteroatoms. The maximum atomic E-state index is 11.3. The molecular weight excluding hydrogens is 188 g/mol. The molecule has 1 aliphatic rings. The number of rotatable bonds is 2. The molecule has 0 radical (unpaired) electrons. The van der Waals surface area contributed by atoms with E-state index in [4.69, 9.17) is 0 Å². The quantitative estimate of drug-likeness (QED) is 0.795. The zero-order valence-corrected chi connectivity index (χ0v) is 8.78. The highest BCUT2D eigenvalue weighted by molar-refractivity contribution is 5.75. The molecule has 80 valence electrons. The van der Waals surface area contributed by atoms with Crippen molar-refractivity contribution >= 4 is 5.91 Å². The second-order valence-electron chi connectivity index (χ2n) is 3.90. The van der Waals surface area contributed by atoms with Crippen LogP contribution >= 0.6 is 0 Å². The number of hydrogen-bond donors (Lipinski definition) is 1. The summed E-state index contributed by atoms with van der Waals surface area (Å²) in [4.78, 5) is 11.3. The number of carbonyl (C=O) groups is 1. The molecule has 0 spiro atoms. The van der Waals surface area contributed by atoms with Crippen molar-refractivity contribution in [2.45, 2.75) is 25.8 Å². The topological polar surface area (TPSA) is 32.3 Å². The van der Waals surface area contributed by atoms with Gasteiger partial charge in [0, 0.05) is 19.5 Å². The number of amides is 1. The Balaban J connectivity index is 1.96. The number of hydrogen-bond acceptors (Lipinski definition) is 2. The lowest BCUT2D eigenvalue weighted by Gasteiger charge is -2.20. The van der Waals surface area contributed by atoms with Crippen molar-refractivity contribution in [1.82, 2.24) is 10.4 Å². The molecule has 0 unspecified atom stereocenters. The van der Waals surface area contributed by atoms with E-state index in [1.54, 1.807) is 0 Å². The van der Waals surface area contributed by atoms with Gasteiger partial charge < -0.3 is 0 Å². The van der Waals surface area contributed by atoms with Gasteiger partial charge in [0.1, 0.15) is 0 Å². The molecule has 1 saturated heterocycles. The Labute approximate surface area is 90.1 Å². The Morgan fingerprint density at radius 2 is 2.00 bits per heavy atom. The fourth-order valence-electron chi connectivity index (χ4n) is 1.80. The van der Waals surface area contributed by atoms with Gasteiger partial charge in [-0.1, -0.05) is 30.3 Å². The van der Waals surface area contributed by atoms with Crippen molar-refractivity contribution in [3.05, 3.63) is 35.9 Å². The largest absolute Gasteiger partial charge is 0.289 e. The average molecular weight is 204 g/mol. The Morgan fingerprint density at radius 1 is 1.20 bits per heavy atom. The minimum Gasteiger partial charge on any atom is -0.289 e. The molecule has 0 bridgehead atoms. The van der Waals surface area contributed by atoms with Crippen LogP contribution < -0.4 is 5.43 Å². The minimum atomic E-state index is 0.142. The van der Waals surface area contributed by atoms with E-state index in [-0.39, 0.29) is 5.91 Å². The first kappa shape index (κ1) is 10.2. The van der Waals surface area contributed by atoms with E-state index in [0.29, 0.717) is 6.42 Å². The van der Waals surface area contributed by atoms with Crippen molar-refractivity contribution < 1.29 is 4.79 Å². The Bertz CT molecular complexity index is 324. The highest BCUT2D eigenvalue weighted by Crippen LogP contribution is 2.07. The van der Waals surface area contributed by atoms with Crippen LogP contribution in [0, 0.1) is 0 Å². The summed E-state index contributed by atoms with van der Waals surface area (Å²) < 4.78 is 0. The van der Waals surface area contributed by atoms with E-state index < -0.39 is 0 Å². The number of nitrogens with one attached hydrogen (secondary N) is 1. The molecule has 15 heavy (non-hydrogen) atoms. The third-order valence-corrected chi connectivity index (χ3v) is 2.58. The predicted octanol–water partition coefficient (Wildman–Crippen LogP) is 1.70. The molecule has 2 rings (SSSR count). The third-order valence-electron chi connectivity index (χ3n) is 2.58. The van der Waals surface area contributed by atoms with Crippen LogP contribution in [0.2, 0.25) is 0 Å². The Hall–Kier alpha value is -1.35. The highest BCUT2D eigenvalue weighted by Gasteiger charge is 2.13. The van der Waals surface area contributed by atoms with Crippen LogP contribution in [0.5, 0.6) is 0 Å². The van der Waals surface area contributed by atoms with Crippen molar-refractivity contribution in [3.8, 4) is 0 Å². The molecule has 3 nitrogen and oxygen atoms in total. The van der Waals surface area contributed by atoms with E-state index in [2.05, 4.69) is 17.6 Å². The van der Waals surface area contributed by atoms with Crippen LogP contribution in [0.4, 0.5) is 0 Å². The summed E-state index contributed by atoms with van der Waals surface area (Å²) in [6, 6.07) is 10.2. The first-order valence-electron chi connectivity index (χ1n) is 5.43. The first-order valence-corrected chi connectivity index (χ1v) is 5.43. The normalized spacial score (nSPS) is 18.3. The lowest BCUT2D eigenvalue weighted by Crippen LogP contribution is -2.40. The van der Waals surface area contributed by atoms with Crippen LogP contribution in [-0.4, -0.2) is 17.5 Å². The van der Waals surface area contributed by atoms with Gasteiger partial charge in [-0.3, -0.25) is 10.2 Å². The molecule has 1 fully saturated rings. The van der Waals surface area contributed by atoms with E-state index in [9.17, 15) is 4.79 Å². The summed E-state index contributed by atoms with van der Waals surface area (Å²) in [5, 5.41) is 2.00. The lowest BCUT2D eigenvalue weighted by molar-refractivity contribution is -0.125. The number of hydrazine groups is 1. The monoisotopic (exact) mass is 204 g/mol. The second kappa shape index (κ2) is 4.94. The van der Waals surface area contributed by atoms with E-state index >= 15 is 0 Å². The van der Waals surface area contributed by atoms with Crippen molar-refractivity contribution in [2.75, 3.05) is 6.54 Å². The molecule has 0 aromatic heterocycles. The predicted molar refractivity (Wildman–Crippen MR) is 58.8 cm³/mol. The van der Waals surface area contributed by atoms with Gasteiger partial charge in [0.2, 0.25) is 5.91 Å². The van der Waals surface area contributed by atoms with Gasteiger partial charge in [0.05, 0.1) is 0 Å². The zero-order chi connectivity index (χ0) is 10.5. The van der Waals surface area contributed by atoms with Crippen LogP contribution in [0.25, 0.3) is 0 Å². The van der Waals surface area contributed by atoms with Crippen LogP contribution in [0.1, 0.15) is 24.8 Å². The molecule has 1 aliphatic heterocycles. The van der Waals surface area contributed by atoms with Crippen LogP contribution in [0.15, 0.2) is 30.3 Å². The highest BCUT2D eigenvalue weighted by atomic mass is 16.2. The lowest BCUT2D eigenvalue weighted by atomic mass is 10.2. The summed E-state index contributed by atoms with van der Waals surface area (Å²) >= 11 is 0. The maximum Gasteiger partial charge on any atom is 0.234 e. The van der Waals surface area contributed by atoms with Gasteiger partial charge >= 0.3 is 0 Å². The number of nitrogens with zero attached hydrogens (tertiary/aromatic N) is 1. The van der Waals surface area contributed by atoms with E-state index in [1.807, 2.05) is 23.2 Å². The van der Waals surface area contributed by atoms with Gasteiger partial charge in [0.15, 0.2) is 0 Å². The first-order chi connectivity index (χ1) is 7.34. The molecule has 0 atom stereocenters.